The molecule has 9 nitrogen and oxygen atoms in total. The zero-order valence-electron chi connectivity index (χ0n) is 13.0. The SMILES string of the molecule is CC(=O)Nc1ncc(S(=O)(=O)NC(=O)CCCNC(=O)C2CC2)s1. The van der Waals surface area contributed by atoms with E-state index in [1.54, 1.807) is 0 Å². The smallest absolute Gasteiger partial charge is 0.275 e. The van der Waals surface area contributed by atoms with E-state index in [2.05, 4.69) is 15.6 Å². The molecule has 1 aromatic rings. The number of amides is 3. The number of hydrogen-bond acceptors (Lipinski definition) is 7. The molecule has 2 rings (SSSR count). The zero-order valence-corrected chi connectivity index (χ0v) is 14.6. The Labute approximate surface area is 143 Å². The fourth-order valence-corrected chi connectivity index (χ4v) is 3.88. The second-order valence-corrected chi connectivity index (χ2v) is 8.30. The number of aromatic nitrogens is 1. The van der Waals surface area contributed by atoms with Gasteiger partial charge in [-0.15, -0.1) is 0 Å². The molecule has 3 amide bonds. The van der Waals surface area contributed by atoms with Crippen LogP contribution in [0.25, 0.3) is 0 Å². The lowest BCUT2D eigenvalue weighted by Gasteiger charge is -2.05. The molecule has 1 saturated carbocycles. The number of sulfonamides is 1. The van der Waals surface area contributed by atoms with Crippen LogP contribution in [0.3, 0.4) is 0 Å². The zero-order chi connectivity index (χ0) is 17.7. The van der Waals surface area contributed by atoms with Crippen molar-refractivity contribution in [2.75, 3.05) is 11.9 Å². The van der Waals surface area contributed by atoms with Crippen LogP contribution in [0, 0.1) is 5.92 Å². The number of hydrogen-bond donors (Lipinski definition) is 3. The van der Waals surface area contributed by atoms with Gasteiger partial charge in [0.15, 0.2) is 9.34 Å². The third-order valence-corrected chi connectivity index (χ3v) is 5.86. The average molecular weight is 374 g/mol. The highest BCUT2D eigenvalue weighted by atomic mass is 32.2. The standard InChI is InChI=1S/C13H18N4O5S2/c1-8(18)16-13-15-7-11(23-13)24(21,22)17-10(19)3-2-6-14-12(20)9-4-5-9/h7,9H,2-6H2,1H3,(H,14,20)(H,17,19)(H,15,16,18). The quantitative estimate of drug-likeness (QED) is 0.557. The summed E-state index contributed by atoms with van der Waals surface area (Å²) in [5.74, 6) is -0.947. The molecule has 1 fully saturated rings. The molecular formula is C13H18N4O5S2. The molecule has 11 heteroatoms. The highest BCUT2D eigenvalue weighted by molar-refractivity contribution is 7.92. The van der Waals surface area contributed by atoms with Gasteiger partial charge in [-0.2, -0.15) is 0 Å². The molecule has 0 spiro atoms. The van der Waals surface area contributed by atoms with E-state index in [-0.39, 0.29) is 33.5 Å². The van der Waals surface area contributed by atoms with Crippen molar-refractivity contribution in [1.29, 1.82) is 0 Å². The number of rotatable bonds is 8. The molecule has 1 aliphatic rings. The number of nitrogens with zero attached hydrogens (tertiary/aromatic N) is 1. The van der Waals surface area contributed by atoms with Crippen LogP contribution in [0.1, 0.15) is 32.6 Å². The van der Waals surface area contributed by atoms with Gasteiger partial charge in [-0.3, -0.25) is 14.4 Å². The van der Waals surface area contributed by atoms with Crippen LogP contribution in [-0.2, 0) is 24.4 Å². The van der Waals surface area contributed by atoms with E-state index in [9.17, 15) is 22.8 Å². The van der Waals surface area contributed by atoms with Crippen molar-refractivity contribution in [3.8, 4) is 0 Å². The van der Waals surface area contributed by atoms with E-state index in [4.69, 9.17) is 0 Å². The molecule has 1 heterocycles. The van der Waals surface area contributed by atoms with E-state index in [0.29, 0.717) is 13.0 Å². The van der Waals surface area contributed by atoms with Crippen LogP contribution < -0.4 is 15.4 Å². The van der Waals surface area contributed by atoms with Gasteiger partial charge in [-0.25, -0.2) is 18.1 Å². The van der Waals surface area contributed by atoms with E-state index in [0.717, 1.165) is 30.4 Å². The first-order valence-electron chi connectivity index (χ1n) is 7.34. The molecule has 0 saturated heterocycles. The van der Waals surface area contributed by atoms with E-state index in [1.807, 2.05) is 4.72 Å². The molecule has 0 aromatic carbocycles. The van der Waals surface area contributed by atoms with Gasteiger partial charge in [-0.1, -0.05) is 11.3 Å². The van der Waals surface area contributed by atoms with Gasteiger partial charge < -0.3 is 10.6 Å². The minimum Gasteiger partial charge on any atom is -0.356 e. The molecular weight excluding hydrogens is 356 g/mol. The van der Waals surface area contributed by atoms with Gasteiger partial charge >= 0.3 is 0 Å². The molecule has 1 aromatic heterocycles. The van der Waals surface area contributed by atoms with Crippen LogP contribution in [-0.4, -0.2) is 37.7 Å². The molecule has 132 valence electrons. The molecule has 1 aliphatic carbocycles. The molecule has 3 N–H and O–H groups in total. The molecule has 0 atom stereocenters. The van der Waals surface area contributed by atoms with E-state index >= 15 is 0 Å². The summed E-state index contributed by atoms with van der Waals surface area (Å²) in [4.78, 5) is 37.8. The van der Waals surface area contributed by atoms with E-state index < -0.39 is 15.9 Å². The average Bonchev–Trinajstić information content (AvgIpc) is 3.22. The number of anilines is 1. The summed E-state index contributed by atoms with van der Waals surface area (Å²) in [5, 5.41) is 5.20. The lowest BCUT2D eigenvalue weighted by atomic mass is 10.3. The maximum absolute atomic E-state index is 12.0. The van der Waals surface area contributed by atoms with Crippen LogP contribution >= 0.6 is 11.3 Å². The second-order valence-electron chi connectivity index (χ2n) is 5.36. The van der Waals surface area contributed by atoms with Crippen LogP contribution in [0.4, 0.5) is 5.13 Å². The molecule has 0 aliphatic heterocycles. The Kier molecular flexibility index (Phi) is 5.89. The van der Waals surface area contributed by atoms with Crippen molar-refractivity contribution >= 4 is 44.2 Å². The lowest BCUT2D eigenvalue weighted by Crippen LogP contribution is -2.31. The first-order chi connectivity index (χ1) is 11.3. The summed E-state index contributed by atoms with van der Waals surface area (Å²) < 4.78 is 25.8. The predicted octanol–water partition coefficient (Wildman–Crippen LogP) is 0.213. The van der Waals surface area contributed by atoms with Crippen molar-refractivity contribution in [3.05, 3.63) is 6.20 Å². The Morgan fingerprint density at radius 3 is 2.67 bits per heavy atom. The topological polar surface area (TPSA) is 134 Å². The van der Waals surface area contributed by atoms with Crippen molar-refractivity contribution in [3.63, 3.8) is 0 Å². The van der Waals surface area contributed by atoms with Crippen molar-refractivity contribution in [2.45, 2.75) is 36.8 Å². The van der Waals surface area contributed by atoms with Crippen molar-refractivity contribution in [2.24, 2.45) is 5.92 Å². The fourth-order valence-electron chi connectivity index (χ4n) is 1.79. The maximum Gasteiger partial charge on any atom is 0.275 e. The van der Waals surface area contributed by atoms with Gasteiger partial charge in [0, 0.05) is 25.8 Å². The van der Waals surface area contributed by atoms with Crippen LogP contribution in [0.2, 0.25) is 0 Å². The first-order valence-corrected chi connectivity index (χ1v) is 9.64. The van der Waals surface area contributed by atoms with Gasteiger partial charge in [0.05, 0.1) is 6.20 Å². The largest absolute Gasteiger partial charge is 0.356 e. The third kappa shape index (κ3) is 5.57. The second kappa shape index (κ2) is 7.71. The van der Waals surface area contributed by atoms with Gasteiger partial charge in [0.2, 0.25) is 17.7 Å². The summed E-state index contributed by atoms with van der Waals surface area (Å²) in [7, 11) is -4.01. The monoisotopic (exact) mass is 374 g/mol. The lowest BCUT2D eigenvalue weighted by molar-refractivity contribution is -0.123. The highest BCUT2D eigenvalue weighted by Crippen LogP contribution is 2.28. The van der Waals surface area contributed by atoms with Crippen LogP contribution in [0.15, 0.2) is 10.4 Å². The molecule has 0 radical (unpaired) electrons. The molecule has 0 bridgehead atoms. The normalized spacial score (nSPS) is 14.0. The Balaban J connectivity index is 1.77. The summed E-state index contributed by atoms with van der Waals surface area (Å²) in [6, 6.07) is 0. The minimum atomic E-state index is -4.01. The first kappa shape index (κ1) is 18.3. The number of nitrogens with one attached hydrogen (secondary N) is 3. The van der Waals surface area contributed by atoms with Crippen molar-refractivity contribution in [1.82, 2.24) is 15.0 Å². The Bertz CT molecular complexity index is 739. The van der Waals surface area contributed by atoms with E-state index in [1.165, 1.54) is 6.92 Å². The highest BCUT2D eigenvalue weighted by Gasteiger charge is 2.29. The predicted molar refractivity (Wildman–Crippen MR) is 86.7 cm³/mol. The van der Waals surface area contributed by atoms with Gasteiger partial charge in [-0.05, 0) is 19.3 Å². The van der Waals surface area contributed by atoms with Crippen LogP contribution in [0.5, 0.6) is 0 Å². The summed E-state index contributed by atoms with van der Waals surface area (Å²) in [6.45, 7) is 1.61. The molecule has 24 heavy (non-hydrogen) atoms. The maximum atomic E-state index is 12.0. The summed E-state index contributed by atoms with van der Waals surface area (Å²) in [6.07, 6.45) is 3.20. The van der Waals surface area contributed by atoms with Gasteiger partial charge in [0.25, 0.3) is 10.0 Å². The molecule has 0 unspecified atom stereocenters. The Morgan fingerprint density at radius 1 is 1.33 bits per heavy atom. The Hall–Kier alpha value is -2.01. The minimum absolute atomic E-state index is 0.0156. The number of carbonyl (C=O) groups excluding carboxylic acids is 3. The number of thiazole rings is 1. The summed E-state index contributed by atoms with van der Waals surface area (Å²) >= 11 is 0.750. The van der Waals surface area contributed by atoms with Crippen molar-refractivity contribution < 1.29 is 22.8 Å². The fraction of sp³-hybridized carbons (Fsp3) is 0.538. The number of carbonyl (C=O) groups is 3. The summed E-state index contributed by atoms with van der Waals surface area (Å²) in [5.41, 5.74) is 0. The van der Waals surface area contributed by atoms with Gasteiger partial charge in [0.1, 0.15) is 0 Å². The third-order valence-electron chi connectivity index (χ3n) is 3.11. The Morgan fingerprint density at radius 2 is 2.04 bits per heavy atom.